The fourth-order valence-electron chi connectivity index (χ4n) is 2.12. The summed E-state index contributed by atoms with van der Waals surface area (Å²) in [5, 5.41) is 1.14. The van der Waals surface area contributed by atoms with Crippen LogP contribution in [0.5, 0.6) is 0 Å². The van der Waals surface area contributed by atoms with Crippen molar-refractivity contribution in [1.82, 2.24) is 4.86 Å². The lowest BCUT2D eigenvalue weighted by atomic mass is 10.2. The van der Waals surface area contributed by atoms with Gasteiger partial charge in [-0.05, 0) is 37.8 Å². The fraction of sp³-hybridized carbons (Fsp3) is 1.00. The summed E-state index contributed by atoms with van der Waals surface area (Å²) in [7, 11) is -0.262. The third kappa shape index (κ3) is 6.00. The molecule has 0 fully saturated rings. The Morgan fingerprint density at radius 1 is 0.706 bits per heavy atom. The lowest BCUT2D eigenvalue weighted by Gasteiger charge is -2.46. The van der Waals surface area contributed by atoms with E-state index in [9.17, 15) is 0 Å². The van der Waals surface area contributed by atoms with Crippen LogP contribution in [0.15, 0.2) is 0 Å². The normalized spacial score (nSPS) is 16.4. The van der Waals surface area contributed by atoms with Crippen molar-refractivity contribution in [3.05, 3.63) is 0 Å². The van der Waals surface area contributed by atoms with Gasteiger partial charge in [-0.15, -0.1) is 0 Å². The number of nitrogens with one attached hydrogen (secondary N) is 1. The van der Waals surface area contributed by atoms with E-state index in [0.717, 1.165) is 0 Å². The fourth-order valence-corrected chi connectivity index (χ4v) is 10.2. The topological polar surface area (TPSA) is 12.0 Å². The number of hydrogen-bond acceptors (Lipinski definition) is 1. The van der Waals surface area contributed by atoms with Crippen LogP contribution < -0.4 is 4.86 Å². The summed E-state index contributed by atoms with van der Waals surface area (Å²) >= 11 is 0. The molecule has 0 aromatic carbocycles. The van der Waals surface area contributed by atoms with Crippen molar-refractivity contribution in [3.63, 3.8) is 0 Å². The number of hydrogen-bond donors (Lipinski definition) is 1. The van der Waals surface area contributed by atoms with Crippen LogP contribution in [0.3, 0.4) is 0 Å². The average Bonchev–Trinajstić information content (AvgIpc) is 1.97. The van der Waals surface area contributed by atoms with E-state index < -0.39 is 0 Å². The highest BCUT2D eigenvalue weighted by molar-refractivity contribution is 7.73. The van der Waals surface area contributed by atoms with Gasteiger partial charge in [0.2, 0.25) is 0 Å². The highest BCUT2D eigenvalue weighted by Crippen LogP contribution is 2.63. The summed E-state index contributed by atoms with van der Waals surface area (Å²) < 4.78 is 0. The molecular weight excluding hydrogens is 244 g/mol. The molecule has 17 heavy (non-hydrogen) atoms. The van der Waals surface area contributed by atoms with Gasteiger partial charge < -0.3 is 0 Å². The highest BCUT2D eigenvalue weighted by Gasteiger charge is 2.37. The molecule has 0 aliphatic heterocycles. The zero-order chi connectivity index (χ0) is 14.1. The molecule has 1 unspecified atom stereocenters. The third-order valence-corrected chi connectivity index (χ3v) is 9.39. The van der Waals surface area contributed by atoms with Crippen molar-refractivity contribution in [2.45, 2.75) is 84.7 Å². The van der Waals surface area contributed by atoms with Crippen LogP contribution >= 0.6 is 16.1 Å². The minimum atomic E-state index is -0.173. The quantitative estimate of drug-likeness (QED) is 0.644. The molecule has 0 bridgehead atoms. The molecule has 104 valence electrons. The first-order valence-corrected chi connectivity index (χ1v) is 9.51. The van der Waals surface area contributed by atoms with Gasteiger partial charge in [0, 0.05) is 0 Å². The second kappa shape index (κ2) is 5.85. The summed E-state index contributed by atoms with van der Waals surface area (Å²) in [6.45, 7) is 23.7. The Bertz CT molecular complexity index is 216. The SMILES string of the molecule is CCP(NP(C(C)(C)C)C(C)(C)C)C(C)(C)C. The Labute approximate surface area is 112 Å². The van der Waals surface area contributed by atoms with Crippen molar-refractivity contribution < 1.29 is 0 Å². The maximum Gasteiger partial charge on any atom is -0.00417 e. The van der Waals surface area contributed by atoms with Crippen molar-refractivity contribution in [2.75, 3.05) is 6.16 Å². The van der Waals surface area contributed by atoms with Crippen LogP contribution in [-0.2, 0) is 0 Å². The minimum Gasteiger partial charge on any atom is -0.272 e. The molecule has 0 spiro atoms. The smallest absolute Gasteiger partial charge is 0.00417 e. The first-order chi connectivity index (χ1) is 7.30. The van der Waals surface area contributed by atoms with Gasteiger partial charge >= 0.3 is 0 Å². The van der Waals surface area contributed by atoms with Crippen molar-refractivity contribution in [2.24, 2.45) is 0 Å². The molecule has 1 nitrogen and oxygen atoms in total. The molecule has 0 radical (unpaired) electrons. The Hall–Kier alpha value is 0.820. The lowest BCUT2D eigenvalue weighted by molar-refractivity contribution is 0.698. The van der Waals surface area contributed by atoms with Gasteiger partial charge in [-0.3, -0.25) is 4.86 Å². The lowest BCUT2D eigenvalue weighted by Crippen LogP contribution is -2.33. The van der Waals surface area contributed by atoms with Gasteiger partial charge in [0.1, 0.15) is 0 Å². The number of rotatable bonds is 3. The van der Waals surface area contributed by atoms with Gasteiger partial charge in [0.15, 0.2) is 0 Å². The van der Waals surface area contributed by atoms with Crippen molar-refractivity contribution in [1.29, 1.82) is 0 Å². The second-order valence-corrected chi connectivity index (χ2v) is 14.7. The Balaban J connectivity index is 5.01. The molecule has 1 atom stereocenters. The summed E-state index contributed by atoms with van der Waals surface area (Å²) in [6.07, 6.45) is 1.27. The summed E-state index contributed by atoms with van der Waals surface area (Å²) in [4.78, 5) is 4.05. The Kier molecular flexibility index (Phi) is 6.13. The zero-order valence-corrected chi connectivity index (χ0v) is 15.4. The molecule has 0 aliphatic carbocycles. The van der Waals surface area contributed by atoms with Gasteiger partial charge in [-0.1, -0.05) is 69.2 Å². The molecule has 0 saturated heterocycles. The molecule has 0 aromatic heterocycles. The van der Waals surface area contributed by atoms with E-state index >= 15 is 0 Å². The van der Waals surface area contributed by atoms with Crippen LogP contribution in [-0.4, -0.2) is 21.6 Å². The maximum atomic E-state index is 4.05. The van der Waals surface area contributed by atoms with Crippen LogP contribution in [0.2, 0.25) is 0 Å². The van der Waals surface area contributed by atoms with Crippen molar-refractivity contribution >= 4 is 16.1 Å². The minimum absolute atomic E-state index is 0.0886. The predicted octanol–water partition coefficient (Wildman–Crippen LogP) is 5.79. The van der Waals surface area contributed by atoms with Gasteiger partial charge in [-0.2, -0.15) is 0 Å². The first kappa shape index (κ1) is 17.8. The first-order valence-electron chi connectivity index (χ1n) is 6.64. The molecular formula is C14H33NP2. The maximum absolute atomic E-state index is 4.05. The van der Waals surface area contributed by atoms with Gasteiger partial charge in [0.05, 0.1) is 0 Å². The zero-order valence-electron chi connectivity index (χ0n) is 13.6. The predicted molar refractivity (Wildman–Crippen MR) is 86.8 cm³/mol. The third-order valence-electron chi connectivity index (χ3n) is 2.69. The molecule has 1 N–H and O–H groups in total. The van der Waals surface area contributed by atoms with Gasteiger partial charge in [-0.25, -0.2) is 0 Å². The largest absolute Gasteiger partial charge is 0.272 e. The molecule has 0 heterocycles. The highest BCUT2D eigenvalue weighted by atomic mass is 31.2. The van der Waals surface area contributed by atoms with E-state index in [1.165, 1.54) is 6.16 Å². The standard InChI is InChI=1S/C14H33NP2/c1-11-16(12(2,3)4)15-17(13(5,6)7)14(8,9)10/h15H,11H2,1-10H3. The van der Waals surface area contributed by atoms with E-state index in [1.54, 1.807) is 0 Å². The average molecular weight is 277 g/mol. The summed E-state index contributed by atoms with van der Waals surface area (Å²) in [5.74, 6) is 0. The van der Waals surface area contributed by atoms with Gasteiger partial charge in [0.25, 0.3) is 0 Å². The molecule has 3 heteroatoms. The summed E-state index contributed by atoms with van der Waals surface area (Å²) in [5.41, 5.74) is 0. The molecule has 0 aromatic rings. The van der Waals surface area contributed by atoms with E-state index in [1.807, 2.05) is 0 Å². The summed E-state index contributed by atoms with van der Waals surface area (Å²) in [6, 6.07) is 0. The van der Waals surface area contributed by atoms with Crippen LogP contribution in [0.1, 0.15) is 69.2 Å². The second-order valence-electron chi connectivity index (χ2n) is 7.69. The molecule has 0 amide bonds. The molecule has 0 aliphatic rings. The molecule has 0 rings (SSSR count). The Morgan fingerprint density at radius 2 is 1.06 bits per heavy atom. The van der Waals surface area contributed by atoms with E-state index in [2.05, 4.69) is 74.1 Å². The van der Waals surface area contributed by atoms with E-state index in [-0.39, 0.29) is 16.1 Å². The Morgan fingerprint density at radius 3 is 1.24 bits per heavy atom. The monoisotopic (exact) mass is 277 g/mol. The van der Waals surface area contributed by atoms with Crippen LogP contribution in [0.25, 0.3) is 0 Å². The van der Waals surface area contributed by atoms with E-state index in [4.69, 9.17) is 0 Å². The molecule has 0 saturated carbocycles. The van der Waals surface area contributed by atoms with E-state index in [0.29, 0.717) is 15.5 Å². The van der Waals surface area contributed by atoms with Crippen LogP contribution in [0.4, 0.5) is 0 Å². The van der Waals surface area contributed by atoms with Crippen LogP contribution in [0, 0.1) is 0 Å². The van der Waals surface area contributed by atoms with Crippen molar-refractivity contribution in [3.8, 4) is 0 Å².